The summed E-state index contributed by atoms with van der Waals surface area (Å²) in [5.74, 6) is -0.524. The SMILES string of the molecule is CC(O)CNCCNS(=O)(=O)CC#N. The number of aliphatic hydroxyl groups excluding tert-OH is 1. The van der Waals surface area contributed by atoms with Crippen LogP contribution >= 0.6 is 0 Å². The highest BCUT2D eigenvalue weighted by molar-refractivity contribution is 7.89. The zero-order valence-electron chi connectivity index (χ0n) is 8.02. The van der Waals surface area contributed by atoms with E-state index in [1.165, 1.54) is 0 Å². The van der Waals surface area contributed by atoms with Crippen LogP contribution in [0.2, 0.25) is 0 Å². The minimum absolute atomic E-state index is 0.219. The van der Waals surface area contributed by atoms with E-state index in [1.807, 2.05) is 0 Å². The van der Waals surface area contributed by atoms with Gasteiger partial charge in [-0.05, 0) is 6.92 Å². The van der Waals surface area contributed by atoms with Crippen molar-refractivity contribution in [3.8, 4) is 6.07 Å². The summed E-state index contributed by atoms with van der Waals surface area (Å²) in [4.78, 5) is 0. The van der Waals surface area contributed by atoms with E-state index in [-0.39, 0.29) is 6.54 Å². The highest BCUT2D eigenvalue weighted by Gasteiger charge is 2.07. The standard InChI is InChI=1S/C7H15N3O3S/c1-7(11)6-9-3-4-10-14(12,13)5-2-8/h7,9-11H,3-6H2,1H3. The topological polar surface area (TPSA) is 102 Å². The molecule has 0 aromatic rings. The number of hydrogen-bond donors (Lipinski definition) is 3. The van der Waals surface area contributed by atoms with Crippen molar-refractivity contribution in [1.29, 1.82) is 5.26 Å². The van der Waals surface area contributed by atoms with Gasteiger partial charge in [-0.15, -0.1) is 0 Å². The molecule has 0 saturated carbocycles. The summed E-state index contributed by atoms with van der Waals surface area (Å²) in [5.41, 5.74) is 0. The summed E-state index contributed by atoms with van der Waals surface area (Å²) in [6, 6.07) is 1.56. The smallest absolute Gasteiger partial charge is 0.225 e. The van der Waals surface area contributed by atoms with Crippen LogP contribution in [0.5, 0.6) is 0 Å². The second kappa shape index (κ2) is 6.73. The van der Waals surface area contributed by atoms with Crippen LogP contribution in [0.1, 0.15) is 6.92 Å². The van der Waals surface area contributed by atoms with Gasteiger partial charge in [0, 0.05) is 19.6 Å². The Labute approximate surface area is 84.0 Å². The van der Waals surface area contributed by atoms with Crippen molar-refractivity contribution in [2.45, 2.75) is 13.0 Å². The highest BCUT2D eigenvalue weighted by atomic mass is 32.2. The van der Waals surface area contributed by atoms with E-state index in [0.717, 1.165) is 0 Å². The first-order valence-electron chi connectivity index (χ1n) is 4.21. The molecule has 0 aromatic heterocycles. The minimum Gasteiger partial charge on any atom is -0.392 e. The Morgan fingerprint density at radius 2 is 2.14 bits per heavy atom. The molecule has 0 aliphatic rings. The molecule has 0 fully saturated rings. The molecule has 3 N–H and O–H groups in total. The monoisotopic (exact) mass is 221 g/mol. The van der Waals surface area contributed by atoms with Gasteiger partial charge in [0.2, 0.25) is 10.0 Å². The maximum atomic E-state index is 10.9. The van der Waals surface area contributed by atoms with E-state index in [1.54, 1.807) is 13.0 Å². The number of rotatable bonds is 7. The van der Waals surface area contributed by atoms with Gasteiger partial charge in [0.15, 0.2) is 5.75 Å². The molecule has 7 heteroatoms. The van der Waals surface area contributed by atoms with Crippen molar-refractivity contribution in [3.63, 3.8) is 0 Å². The third kappa shape index (κ3) is 7.94. The van der Waals surface area contributed by atoms with Crippen molar-refractivity contribution in [2.24, 2.45) is 0 Å². The summed E-state index contributed by atoms with van der Waals surface area (Å²) in [6.45, 7) is 2.69. The number of aliphatic hydroxyl groups is 1. The van der Waals surface area contributed by atoms with Crippen LogP contribution in [-0.4, -0.2) is 45.0 Å². The molecule has 0 spiro atoms. The minimum atomic E-state index is -3.45. The highest BCUT2D eigenvalue weighted by Crippen LogP contribution is 1.80. The summed E-state index contributed by atoms with van der Waals surface area (Å²) < 4.78 is 24.1. The molecule has 0 aromatic carbocycles. The van der Waals surface area contributed by atoms with Crippen molar-refractivity contribution in [1.82, 2.24) is 10.0 Å². The predicted molar refractivity (Wildman–Crippen MR) is 52.0 cm³/mol. The maximum absolute atomic E-state index is 10.9. The predicted octanol–water partition coefficient (Wildman–Crippen LogP) is -1.60. The molecule has 0 radical (unpaired) electrons. The zero-order chi connectivity index (χ0) is 11.0. The second-order valence-electron chi connectivity index (χ2n) is 2.86. The van der Waals surface area contributed by atoms with Crippen LogP contribution in [0.4, 0.5) is 0 Å². The van der Waals surface area contributed by atoms with Crippen molar-refractivity contribution < 1.29 is 13.5 Å². The van der Waals surface area contributed by atoms with E-state index >= 15 is 0 Å². The molecule has 0 bridgehead atoms. The molecule has 0 heterocycles. The van der Waals surface area contributed by atoms with E-state index in [0.29, 0.717) is 13.1 Å². The number of nitrogens with zero attached hydrogens (tertiary/aromatic N) is 1. The Kier molecular flexibility index (Phi) is 6.40. The van der Waals surface area contributed by atoms with Crippen LogP contribution in [0.3, 0.4) is 0 Å². The fraction of sp³-hybridized carbons (Fsp3) is 0.857. The molecular weight excluding hydrogens is 206 g/mol. The van der Waals surface area contributed by atoms with Crippen LogP contribution in [0, 0.1) is 11.3 Å². The molecule has 14 heavy (non-hydrogen) atoms. The molecular formula is C7H15N3O3S. The molecule has 0 amide bonds. The molecule has 6 nitrogen and oxygen atoms in total. The molecule has 0 saturated heterocycles. The van der Waals surface area contributed by atoms with E-state index in [2.05, 4.69) is 10.0 Å². The Morgan fingerprint density at radius 3 is 2.64 bits per heavy atom. The van der Waals surface area contributed by atoms with Crippen LogP contribution in [-0.2, 0) is 10.0 Å². The van der Waals surface area contributed by atoms with Crippen molar-refractivity contribution in [3.05, 3.63) is 0 Å². The van der Waals surface area contributed by atoms with Crippen LogP contribution < -0.4 is 10.0 Å². The molecule has 0 aliphatic carbocycles. The lowest BCUT2D eigenvalue weighted by Crippen LogP contribution is -2.35. The van der Waals surface area contributed by atoms with Gasteiger partial charge < -0.3 is 10.4 Å². The largest absolute Gasteiger partial charge is 0.392 e. The third-order valence-corrected chi connectivity index (χ3v) is 2.47. The Balaban J connectivity index is 3.51. The normalized spacial score (nSPS) is 13.5. The molecule has 82 valence electrons. The molecule has 1 atom stereocenters. The Bertz CT molecular complexity index is 281. The first kappa shape index (κ1) is 13.3. The second-order valence-corrected chi connectivity index (χ2v) is 4.67. The number of nitriles is 1. The fourth-order valence-electron chi connectivity index (χ4n) is 0.742. The van der Waals surface area contributed by atoms with Crippen LogP contribution in [0.25, 0.3) is 0 Å². The van der Waals surface area contributed by atoms with Crippen molar-refractivity contribution >= 4 is 10.0 Å². The summed E-state index contributed by atoms with van der Waals surface area (Å²) in [7, 11) is -3.45. The van der Waals surface area contributed by atoms with Gasteiger partial charge in [0.05, 0.1) is 12.2 Å². The summed E-state index contributed by atoms with van der Waals surface area (Å²) in [5, 5.41) is 19.9. The lowest BCUT2D eigenvalue weighted by Gasteiger charge is -2.07. The zero-order valence-corrected chi connectivity index (χ0v) is 8.84. The van der Waals surface area contributed by atoms with Gasteiger partial charge in [0.25, 0.3) is 0 Å². The number of hydrogen-bond acceptors (Lipinski definition) is 5. The van der Waals surface area contributed by atoms with Gasteiger partial charge in [-0.25, -0.2) is 13.1 Å². The van der Waals surface area contributed by atoms with E-state index < -0.39 is 21.9 Å². The lowest BCUT2D eigenvalue weighted by molar-refractivity contribution is 0.192. The lowest BCUT2D eigenvalue weighted by atomic mass is 10.4. The fourth-order valence-corrected chi connectivity index (χ4v) is 1.43. The van der Waals surface area contributed by atoms with Gasteiger partial charge in [0.1, 0.15) is 0 Å². The van der Waals surface area contributed by atoms with Crippen LogP contribution in [0.15, 0.2) is 0 Å². The summed E-state index contributed by atoms with van der Waals surface area (Å²) in [6.07, 6.45) is -0.453. The third-order valence-electron chi connectivity index (χ3n) is 1.32. The number of sulfonamides is 1. The first-order chi connectivity index (χ1) is 6.48. The van der Waals surface area contributed by atoms with Gasteiger partial charge in [-0.3, -0.25) is 0 Å². The quantitative estimate of drug-likeness (QED) is 0.449. The first-order valence-corrected chi connectivity index (χ1v) is 5.86. The van der Waals surface area contributed by atoms with Gasteiger partial charge >= 0.3 is 0 Å². The summed E-state index contributed by atoms with van der Waals surface area (Å²) >= 11 is 0. The van der Waals surface area contributed by atoms with Crippen molar-refractivity contribution in [2.75, 3.05) is 25.4 Å². The van der Waals surface area contributed by atoms with Gasteiger partial charge in [-0.2, -0.15) is 5.26 Å². The van der Waals surface area contributed by atoms with Gasteiger partial charge in [-0.1, -0.05) is 0 Å². The van der Waals surface area contributed by atoms with E-state index in [4.69, 9.17) is 10.4 Å². The van der Waals surface area contributed by atoms with E-state index in [9.17, 15) is 8.42 Å². The average Bonchev–Trinajstić information content (AvgIpc) is 2.02. The number of nitrogens with one attached hydrogen (secondary N) is 2. The molecule has 1 unspecified atom stereocenters. The Morgan fingerprint density at radius 1 is 1.50 bits per heavy atom. The average molecular weight is 221 g/mol. The molecule has 0 aliphatic heterocycles. The Hall–Kier alpha value is -0.680. The maximum Gasteiger partial charge on any atom is 0.225 e. The molecule has 0 rings (SSSR count).